The number of aromatic carboxylic acids is 1. The zero-order valence-corrected chi connectivity index (χ0v) is 19.0. The third kappa shape index (κ3) is 4.99. The van der Waals surface area contributed by atoms with Crippen LogP contribution in [0.15, 0.2) is 76.6 Å². The molecule has 1 heterocycles. The number of carbonyl (C=O) groups is 2. The Labute approximate surface area is 195 Å². The number of nitrogens with zero attached hydrogens (tertiary/aromatic N) is 2. The van der Waals surface area contributed by atoms with Crippen molar-refractivity contribution in [3.63, 3.8) is 0 Å². The Hall–Kier alpha value is -3.84. The fraction of sp³-hybridized carbons (Fsp3) is 0.115. The van der Waals surface area contributed by atoms with Crippen LogP contribution in [-0.4, -0.2) is 32.2 Å². The highest BCUT2D eigenvalue weighted by atomic mass is 32.2. The molecule has 0 bridgehead atoms. The second-order valence-electron chi connectivity index (χ2n) is 7.74. The van der Waals surface area contributed by atoms with Gasteiger partial charge in [-0.25, -0.2) is 9.79 Å². The van der Waals surface area contributed by atoms with Gasteiger partial charge < -0.3 is 10.2 Å². The van der Waals surface area contributed by atoms with Gasteiger partial charge in [-0.1, -0.05) is 30.3 Å². The quantitative estimate of drug-likeness (QED) is 0.492. The number of amidine groups is 1. The predicted octanol–water partition coefficient (Wildman–Crippen LogP) is 5.51. The van der Waals surface area contributed by atoms with Crippen LogP contribution < -0.4 is 0 Å². The number of phenols is 1. The summed E-state index contributed by atoms with van der Waals surface area (Å²) < 4.78 is 0. The van der Waals surface area contributed by atoms with E-state index in [1.165, 1.54) is 23.9 Å². The lowest BCUT2D eigenvalue weighted by atomic mass is 10.1. The number of amides is 1. The van der Waals surface area contributed by atoms with Crippen molar-refractivity contribution in [3.8, 4) is 5.75 Å². The van der Waals surface area contributed by atoms with E-state index in [1.807, 2.05) is 56.3 Å². The molecule has 3 aromatic rings. The van der Waals surface area contributed by atoms with E-state index in [0.717, 1.165) is 27.9 Å². The van der Waals surface area contributed by atoms with Gasteiger partial charge in [-0.2, -0.15) is 0 Å². The number of phenolic OH excluding ortho intramolecular Hbond substituents is 1. The van der Waals surface area contributed by atoms with E-state index in [1.54, 1.807) is 23.1 Å². The first kappa shape index (κ1) is 22.4. The highest BCUT2D eigenvalue weighted by molar-refractivity contribution is 8.18. The number of aliphatic imine (C=N–C) groups is 1. The Morgan fingerprint density at radius 3 is 2.27 bits per heavy atom. The maximum Gasteiger partial charge on any atom is 0.335 e. The zero-order valence-electron chi connectivity index (χ0n) is 18.1. The molecule has 4 rings (SSSR count). The topological polar surface area (TPSA) is 90.2 Å². The van der Waals surface area contributed by atoms with Gasteiger partial charge in [-0.3, -0.25) is 9.69 Å². The molecule has 1 saturated heterocycles. The summed E-state index contributed by atoms with van der Waals surface area (Å²) in [7, 11) is 0. The van der Waals surface area contributed by atoms with E-state index in [9.17, 15) is 14.7 Å². The van der Waals surface area contributed by atoms with Gasteiger partial charge in [-0.05, 0) is 90.3 Å². The van der Waals surface area contributed by atoms with E-state index < -0.39 is 5.97 Å². The van der Waals surface area contributed by atoms with E-state index in [4.69, 9.17) is 5.11 Å². The third-order valence-electron chi connectivity index (χ3n) is 5.22. The van der Waals surface area contributed by atoms with Crippen molar-refractivity contribution in [2.45, 2.75) is 20.4 Å². The summed E-state index contributed by atoms with van der Waals surface area (Å²) in [5.41, 5.74) is 4.03. The van der Waals surface area contributed by atoms with Gasteiger partial charge in [0, 0.05) is 0 Å². The van der Waals surface area contributed by atoms with Crippen LogP contribution in [0.1, 0.15) is 32.6 Å². The number of rotatable bonds is 5. The van der Waals surface area contributed by atoms with Crippen LogP contribution in [0.4, 0.5) is 5.69 Å². The van der Waals surface area contributed by atoms with Gasteiger partial charge in [0.1, 0.15) is 5.75 Å². The third-order valence-corrected chi connectivity index (χ3v) is 6.23. The summed E-state index contributed by atoms with van der Waals surface area (Å²) >= 11 is 1.29. The SMILES string of the molecule is Cc1cc(/C=C2\SC(=Nc3ccccc3)N(Cc3ccc(C(=O)O)cc3)C2=O)cc(C)c1O. The number of thioether (sulfide) groups is 1. The summed E-state index contributed by atoms with van der Waals surface area (Å²) in [6.07, 6.45) is 1.81. The largest absolute Gasteiger partial charge is 0.507 e. The second kappa shape index (κ2) is 9.34. The molecule has 0 unspecified atom stereocenters. The van der Waals surface area contributed by atoms with E-state index in [0.29, 0.717) is 10.1 Å². The Morgan fingerprint density at radius 2 is 1.67 bits per heavy atom. The van der Waals surface area contributed by atoms with E-state index in [2.05, 4.69) is 4.99 Å². The number of carboxylic acid groups (broad SMARTS) is 1. The standard InChI is InChI=1S/C26H22N2O4S/c1-16-12-19(13-17(2)23(16)29)14-22-24(30)28(15-18-8-10-20(11-9-18)25(31)32)26(33-22)27-21-6-4-3-5-7-21/h3-14,29H,15H2,1-2H3,(H,31,32)/b22-14-,27-26?. The number of hydrogen-bond donors (Lipinski definition) is 2. The van der Waals surface area contributed by atoms with Crippen LogP contribution in [0.5, 0.6) is 5.75 Å². The van der Waals surface area contributed by atoms with Crippen molar-refractivity contribution in [2.75, 3.05) is 0 Å². The molecule has 0 aromatic heterocycles. The summed E-state index contributed by atoms with van der Waals surface area (Å²) in [6.45, 7) is 3.91. The monoisotopic (exact) mass is 458 g/mol. The van der Waals surface area contributed by atoms with Gasteiger partial charge in [0.2, 0.25) is 0 Å². The predicted molar refractivity (Wildman–Crippen MR) is 131 cm³/mol. The summed E-state index contributed by atoms with van der Waals surface area (Å²) in [5, 5.41) is 19.7. The van der Waals surface area contributed by atoms with Crippen LogP contribution in [0.2, 0.25) is 0 Å². The highest BCUT2D eigenvalue weighted by Crippen LogP contribution is 2.36. The molecule has 0 radical (unpaired) electrons. The number of para-hydroxylation sites is 1. The Bertz CT molecular complexity index is 1260. The van der Waals surface area contributed by atoms with Crippen LogP contribution in [-0.2, 0) is 11.3 Å². The molecule has 1 aliphatic rings. The lowest BCUT2D eigenvalue weighted by Crippen LogP contribution is -2.28. The molecule has 0 spiro atoms. The first-order valence-corrected chi connectivity index (χ1v) is 11.1. The van der Waals surface area contributed by atoms with Gasteiger partial charge in [-0.15, -0.1) is 0 Å². The van der Waals surface area contributed by atoms with Gasteiger partial charge >= 0.3 is 5.97 Å². The van der Waals surface area contributed by atoms with Crippen molar-refractivity contribution in [2.24, 2.45) is 4.99 Å². The molecule has 1 fully saturated rings. The molecule has 0 atom stereocenters. The molecule has 33 heavy (non-hydrogen) atoms. The summed E-state index contributed by atoms with van der Waals surface area (Å²) in [6, 6.07) is 19.5. The maximum absolute atomic E-state index is 13.3. The molecule has 166 valence electrons. The fourth-order valence-corrected chi connectivity index (χ4v) is 4.50. The molecule has 3 aromatic carbocycles. The maximum atomic E-state index is 13.3. The average Bonchev–Trinajstić information content (AvgIpc) is 3.07. The van der Waals surface area contributed by atoms with Crippen LogP contribution in [0.3, 0.4) is 0 Å². The lowest BCUT2D eigenvalue weighted by Gasteiger charge is -2.16. The summed E-state index contributed by atoms with van der Waals surface area (Å²) in [4.78, 5) is 31.3. The number of carboxylic acids is 1. The number of hydrogen-bond acceptors (Lipinski definition) is 5. The fourth-order valence-electron chi connectivity index (χ4n) is 3.50. The molecule has 1 amide bonds. The minimum Gasteiger partial charge on any atom is -0.507 e. The highest BCUT2D eigenvalue weighted by Gasteiger charge is 2.33. The van der Waals surface area contributed by atoms with Crippen molar-refractivity contribution >= 4 is 40.6 Å². The minimum absolute atomic E-state index is 0.180. The Morgan fingerprint density at radius 1 is 1.03 bits per heavy atom. The van der Waals surface area contributed by atoms with Crippen LogP contribution >= 0.6 is 11.8 Å². The van der Waals surface area contributed by atoms with Crippen LogP contribution in [0, 0.1) is 13.8 Å². The Balaban J connectivity index is 1.70. The van der Waals surface area contributed by atoms with Crippen molar-refractivity contribution in [1.82, 2.24) is 4.90 Å². The Kier molecular flexibility index (Phi) is 6.33. The summed E-state index contributed by atoms with van der Waals surface area (Å²) in [5.74, 6) is -0.925. The van der Waals surface area contributed by atoms with Crippen molar-refractivity contribution in [1.29, 1.82) is 0 Å². The molecule has 6 nitrogen and oxygen atoms in total. The lowest BCUT2D eigenvalue weighted by molar-refractivity contribution is -0.122. The molecule has 1 aliphatic heterocycles. The molecule has 0 saturated carbocycles. The molecule has 0 aliphatic carbocycles. The van der Waals surface area contributed by atoms with Crippen molar-refractivity contribution < 1.29 is 19.8 Å². The van der Waals surface area contributed by atoms with E-state index >= 15 is 0 Å². The first-order valence-electron chi connectivity index (χ1n) is 10.3. The number of aromatic hydroxyl groups is 1. The van der Waals surface area contributed by atoms with Crippen LogP contribution in [0.25, 0.3) is 6.08 Å². The second-order valence-corrected chi connectivity index (χ2v) is 8.75. The molecular formula is C26H22N2O4S. The normalized spacial score (nSPS) is 16.1. The minimum atomic E-state index is -0.995. The molecule has 2 N–H and O–H groups in total. The van der Waals surface area contributed by atoms with Gasteiger partial charge in [0.15, 0.2) is 5.17 Å². The number of carbonyl (C=O) groups excluding carboxylic acids is 1. The molecule has 7 heteroatoms. The number of aryl methyl sites for hydroxylation is 2. The average molecular weight is 459 g/mol. The van der Waals surface area contributed by atoms with Gasteiger partial charge in [0.25, 0.3) is 5.91 Å². The number of benzene rings is 3. The smallest absolute Gasteiger partial charge is 0.335 e. The van der Waals surface area contributed by atoms with Gasteiger partial charge in [0.05, 0.1) is 22.7 Å². The molecular weight excluding hydrogens is 436 g/mol. The zero-order chi connectivity index (χ0) is 23.5. The van der Waals surface area contributed by atoms with E-state index in [-0.39, 0.29) is 23.8 Å². The van der Waals surface area contributed by atoms with Crippen molar-refractivity contribution in [3.05, 3.63) is 99.5 Å². The first-order chi connectivity index (χ1) is 15.8.